The molecule has 0 heterocycles. The second-order valence-electron chi connectivity index (χ2n) is 3.80. The zero-order valence-electron chi connectivity index (χ0n) is 9.91. The molecule has 0 unspecified atom stereocenters. The summed E-state index contributed by atoms with van der Waals surface area (Å²) in [5.41, 5.74) is 3.34. The highest BCUT2D eigenvalue weighted by Gasteiger charge is 2.05. The van der Waals surface area contributed by atoms with Crippen molar-refractivity contribution in [3.63, 3.8) is 0 Å². The third-order valence-electron chi connectivity index (χ3n) is 2.38. The van der Waals surface area contributed by atoms with Crippen molar-refractivity contribution in [1.29, 1.82) is 0 Å². The van der Waals surface area contributed by atoms with Gasteiger partial charge in [-0.15, -0.1) is 0 Å². The molecule has 0 aromatic heterocycles. The van der Waals surface area contributed by atoms with Gasteiger partial charge >= 0.3 is 0 Å². The lowest BCUT2D eigenvalue weighted by molar-refractivity contribution is -0.126. The van der Waals surface area contributed by atoms with Crippen molar-refractivity contribution in [1.82, 2.24) is 10.7 Å². The molecule has 0 fully saturated rings. The van der Waals surface area contributed by atoms with Gasteiger partial charge in [-0.3, -0.25) is 15.0 Å². The normalized spacial score (nSPS) is 9.89. The molecule has 1 aromatic rings. The summed E-state index contributed by atoms with van der Waals surface area (Å²) in [5.74, 6) is 4.26. The van der Waals surface area contributed by atoms with Gasteiger partial charge in [-0.05, 0) is 11.1 Å². The molecular weight excluding hydrogens is 237 g/mol. The van der Waals surface area contributed by atoms with Gasteiger partial charge < -0.3 is 5.32 Å². The number of nitrogens with two attached hydrogens (primary N) is 1. The first-order valence-corrected chi connectivity index (χ1v) is 5.55. The van der Waals surface area contributed by atoms with Gasteiger partial charge in [0.2, 0.25) is 11.8 Å². The molecule has 1 rings (SSSR count). The number of hydrogen-bond donors (Lipinski definition) is 3. The molecule has 0 saturated carbocycles. The van der Waals surface area contributed by atoms with E-state index in [4.69, 9.17) is 5.84 Å². The SMILES string of the molecule is NNC(=O)CCC(=O)NCc1cccc(CF)c1. The van der Waals surface area contributed by atoms with Crippen LogP contribution in [0, 0.1) is 0 Å². The Kier molecular flexibility index (Phi) is 5.79. The van der Waals surface area contributed by atoms with Crippen LogP contribution in [0.3, 0.4) is 0 Å². The fraction of sp³-hybridized carbons (Fsp3) is 0.333. The standard InChI is InChI=1S/C12H16FN3O2/c13-7-9-2-1-3-10(6-9)8-15-11(17)4-5-12(18)16-14/h1-3,6H,4-5,7-8,14H2,(H,15,17)(H,16,18). The molecule has 0 bridgehead atoms. The summed E-state index contributed by atoms with van der Waals surface area (Å²) in [4.78, 5) is 22.2. The maximum absolute atomic E-state index is 12.4. The highest BCUT2D eigenvalue weighted by Crippen LogP contribution is 2.06. The molecule has 2 amide bonds. The van der Waals surface area contributed by atoms with Crippen LogP contribution in [-0.4, -0.2) is 11.8 Å². The van der Waals surface area contributed by atoms with Crippen LogP contribution >= 0.6 is 0 Å². The summed E-state index contributed by atoms with van der Waals surface area (Å²) in [5, 5.41) is 2.65. The molecular formula is C12H16FN3O2. The number of nitrogens with one attached hydrogen (secondary N) is 2. The van der Waals surface area contributed by atoms with Crippen molar-refractivity contribution in [2.24, 2.45) is 5.84 Å². The molecule has 98 valence electrons. The first-order chi connectivity index (χ1) is 8.65. The van der Waals surface area contributed by atoms with Crippen LogP contribution in [0.4, 0.5) is 4.39 Å². The fourth-order valence-electron chi connectivity index (χ4n) is 1.41. The summed E-state index contributed by atoms with van der Waals surface area (Å²) < 4.78 is 12.4. The molecule has 0 spiro atoms. The maximum Gasteiger partial charge on any atom is 0.234 e. The zero-order chi connectivity index (χ0) is 13.4. The monoisotopic (exact) mass is 253 g/mol. The Bertz CT molecular complexity index is 424. The van der Waals surface area contributed by atoms with E-state index in [1.807, 2.05) is 5.43 Å². The molecule has 0 atom stereocenters. The van der Waals surface area contributed by atoms with E-state index in [2.05, 4.69) is 5.32 Å². The second kappa shape index (κ2) is 7.39. The maximum atomic E-state index is 12.4. The number of amides is 2. The van der Waals surface area contributed by atoms with E-state index < -0.39 is 6.67 Å². The Morgan fingerprint density at radius 2 is 1.83 bits per heavy atom. The molecule has 0 radical (unpaired) electrons. The fourth-order valence-corrected chi connectivity index (χ4v) is 1.41. The van der Waals surface area contributed by atoms with Crippen LogP contribution in [-0.2, 0) is 22.8 Å². The van der Waals surface area contributed by atoms with E-state index in [1.165, 1.54) is 0 Å². The molecule has 0 aliphatic heterocycles. The zero-order valence-corrected chi connectivity index (χ0v) is 9.91. The average Bonchev–Trinajstić information content (AvgIpc) is 2.42. The van der Waals surface area contributed by atoms with Gasteiger partial charge in [0.1, 0.15) is 6.67 Å². The number of hydrogen-bond acceptors (Lipinski definition) is 3. The average molecular weight is 253 g/mol. The van der Waals surface area contributed by atoms with E-state index in [0.29, 0.717) is 12.1 Å². The highest BCUT2D eigenvalue weighted by molar-refractivity contribution is 5.83. The Hall–Kier alpha value is -1.95. The quantitative estimate of drug-likeness (QED) is 0.393. The van der Waals surface area contributed by atoms with Crippen LogP contribution in [0.2, 0.25) is 0 Å². The molecule has 4 N–H and O–H groups in total. The second-order valence-corrected chi connectivity index (χ2v) is 3.80. The van der Waals surface area contributed by atoms with Crippen molar-refractivity contribution in [3.8, 4) is 0 Å². The lowest BCUT2D eigenvalue weighted by atomic mass is 10.1. The number of alkyl halides is 1. The summed E-state index contributed by atoms with van der Waals surface area (Å²) in [7, 11) is 0. The van der Waals surface area contributed by atoms with Crippen LogP contribution < -0.4 is 16.6 Å². The number of rotatable bonds is 6. The van der Waals surface area contributed by atoms with Crippen molar-refractivity contribution in [2.75, 3.05) is 0 Å². The van der Waals surface area contributed by atoms with E-state index in [1.54, 1.807) is 24.3 Å². The van der Waals surface area contributed by atoms with Crippen LogP contribution in [0.25, 0.3) is 0 Å². The van der Waals surface area contributed by atoms with Gasteiger partial charge in [0.05, 0.1) is 0 Å². The molecule has 0 aliphatic carbocycles. The minimum Gasteiger partial charge on any atom is -0.352 e. The highest BCUT2D eigenvalue weighted by atomic mass is 19.1. The third kappa shape index (κ3) is 4.92. The summed E-state index contributed by atoms with van der Waals surface area (Å²) in [6, 6.07) is 6.90. The number of hydrazine groups is 1. The van der Waals surface area contributed by atoms with E-state index in [-0.39, 0.29) is 24.7 Å². The Morgan fingerprint density at radius 3 is 2.50 bits per heavy atom. The largest absolute Gasteiger partial charge is 0.352 e. The van der Waals surface area contributed by atoms with Crippen LogP contribution in [0.15, 0.2) is 24.3 Å². The molecule has 6 heteroatoms. The van der Waals surface area contributed by atoms with Gasteiger partial charge in [0.25, 0.3) is 0 Å². The topological polar surface area (TPSA) is 84.2 Å². The van der Waals surface area contributed by atoms with Crippen molar-refractivity contribution < 1.29 is 14.0 Å². The number of halogens is 1. The summed E-state index contributed by atoms with van der Waals surface area (Å²) in [6.45, 7) is -0.213. The number of carbonyl (C=O) groups excluding carboxylic acids is 2. The van der Waals surface area contributed by atoms with Gasteiger partial charge in [-0.1, -0.05) is 24.3 Å². The molecule has 0 aliphatic rings. The molecule has 1 aromatic carbocycles. The van der Waals surface area contributed by atoms with E-state index in [0.717, 1.165) is 5.56 Å². The first-order valence-electron chi connectivity index (χ1n) is 5.55. The van der Waals surface area contributed by atoms with Crippen LogP contribution in [0.1, 0.15) is 24.0 Å². The molecule has 0 saturated heterocycles. The first kappa shape index (κ1) is 14.1. The van der Waals surface area contributed by atoms with Gasteiger partial charge in [0, 0.05) is 19.4 Å². The Balaban J connectivity index is 2.35. The van der Waals surface area contributed by atoms with Crippen LogP contribution in [0.5, 0.6) is 0 Å². The smallest absolute Gasteiger partial charge is 0.234 e. The predicted octanol–water partition coefficient (Wildman–Crippen LogP) is 0.542. The summed E-state index contributed by atoms with van der Waals surface area (Å²) in [6.07, 6.45) is 0.124. The van der Waals surface area contributed by atoms with Gasteiger partial charge in [-0.2, -0.15) is 0 Å². The Labute approximate surface area is 105 Å². The predicted molar refractivity (Wildman–Crippen MR) is 64.7 cm³/mol. The minimum absolute atomic E-state index is 0.0485. The molecule has 5 nitrogen and oxygen atoms in total. The van der Waals surface area contributed by atoms with Crippen molar-refractivity contribution >= 4 is 11.8 Å². The summed E-state index contributed by atoms with van der Waals surface area (Å²) >= 11 is 0. The third-order valence-corrected chi connectivity index (χ3v) is 2.38. The van der Waals surface area contributed by atoms with Gasteiger partial charge in [-0.25, -0.2) is 10.2 Å². The van der Waals surface area contributed by atoms with Gasteiger partial charge in [0.15, 0.2) is 0 Å². The number of benzene rings is 1. The lowest BCUT2D eigenvalue weighted by Crippen LogP contribution is -2.31. The van der Waals surface area contributed by atoms with Crippen molar-refractivity contribution in [2.45, 2.75) is 26.1 Å². The van der Waals surface area contributed by atoms with Crippen molar-refractivity contribution in [3.05, 3.63) is 35.4 Å². The Morgan fingerprint density at radius 1 is 1.17 bits per heavy atom. The van der Waals surface area contributed by atoms with E-state index in [9.17, 15) is 14.0 Å². The molecule has 18 heavy (non-hydrogen) atoms. The number of carbonyl (C=O) groups is 2. The van der Waals surface area contributed by atoms with E-state index >= 15 is 0 Å². The minimum atomic E-state index is -0.529. The lowest BCUT2D eigenvalue weighted by Gasteiger charge is -2.06.